The molecule has 106 valence electrons. The number of aromatic hydroxyl groups is 1. The van der Waals surface area contributed by atoms with Crippen molar-refractivity contribution in [2.45, 2.75) is 51.5 Å². The quantitative estimate of drug-likeness (QED) is 0.860. The van der Waals surface area contributed by atoms with Crippen LogP contribution in [0.15, 0.2) is 12.1 Å². The van der Waals surface area contributed by atoms with Gasteiger partial charge in [0.25, 0.3) is 0 Å². The number of rotatable bonds is 2. The molecular formula is C16H25NO2. The molecule has 1 aliphatic heterocycles. The maximum atomic E-state index is 10.3. The van der Waals surface area contributed by atoms with Crippen molar-refractivity contribution in [3.63, 3.8) is 0 Å². The lowest BCUT2D eigenvalue weighted by Gasteiger charge is -2.29. The first kappa shape index (κ1) is 14.2. The van der Waals surface area contributed by atoms with Gasteiger partial charge in [-0.15, -0.1) is 0 Å². The maximum Gasteiger partial charge on any atom is 0.124 e. The molecule has 1 saturated heterocycles. The van der Waals surface area contributed by atoms with Crippen LogP contribution in [-0.2, 0) is 11.0 Å². The smallest absolute Gasteiger partial charge is 0.124 e. The lowest BCUT2D eigenvalue weighted by atomic mass is 9.82. The van der Waals surface area contributed by atoms with Gasteiger partial charge in [-0.2, -0.15) is 0 Å². The number of nitrogens with one attached hydrogen (secondary N) is 1. The summed E-state index contributed by atoms with van der Waals surface area (Å²) in [4.78, 5) is 0. The summed E-state index contributed by atoms with van der Waals surface area (Å²) in [6.07, 6.45) is 2.22. The first-order valence-corrected chi connectivity index (χ1v) is 6.95. The molecule has 0 amide bonds. The SMILES string of the molecule is COc1cc(C(C)(C)C)c(O)cc1C1(C)CCCN1. The molecule has 1 aromatic carbocycles. The van der Waals surface area contributed by atoms with Crippen LogP contribution in [0, 0.1) is 0 Å². The van der Waals surface area contributed by atoms with Gasteiger partial charge in [-0.25, -0.2) is 0 Å². The lowest BCUT2D eigenvalue weighted by Crippen LogP contribution is -2.33. The van der Waals surface area contributed by atoms with Crippen molar-refractivity contribution in [3.05, 3.63) is 23.3 Å². The fourth-order valence-corrected chi connectivity index (χ4v) is 2.89. The maximum absolute atomic E-state index is 10.3. The van der Waals surface area contributed by atoms with Gasteiger partial charge in [0.05, 0.1) is 7.11 Å². The van der Waals surface area contributed by atoms with Crippen molar-refractivity contribution in [2.75, 3.05) is 13.7 Å². The van der Waals surface area contributed by atoms with Crippen LogP contribution < -0.4 is 10.1 Å². The molecule has 0 aliphatic carbocycles. The van der Waals surface area contributed by atoms with Gasteiger partial charge in [-0.3, -0.25) is 0 Å². The summed E-state index contributed by atoms with van der Waals surface area (Å²) >= 11 is 0. The van der Waals surface area contributed by atoms with Crippen LogP contribution in [0.4, 0.5) is 0 Å². The molecule has 0 radical (unpaired) electrons. The van der Waals surface area contributed by atoms with Crippen LogP contribution in [-0.4, -0.2) is 18.8 Å². The molecule has 2 rings (SSSR count). The highest BCUT2D eigenvalue weighted by Gasteiger charge is 2.34. The molecular weight excluding hydrogens is 238 g/mol. The summed E-state index contributed by atoms with van der Waals surface area (Å²) in [5.74, 6) is 1.22. The van der Waals surface area contributed by atoms with Gasteiger partial charge in [0.15, 0.2) is 0 Å². The molecule has 3 heteroatoms. The molecule has 1 atom stereocenters. The first-order chi connectivity index (χ1) is 8.78. The number of ether oxygens (including phenoxy) is 1. The van der Waals surface area contributed by atoms with E-state index in [4.69, 9.17) is 4.74 Å². The number of methoxy groups -OCH3 is 1. The van der Waals surface area contributed by atoms with E-state index in [2.05, 4.69) is 33.0 Å². The minimum atomic E-state index is -0.0980. The van der Waals surface area contributed by atoms with Crippen molar-refractivity contribution in [2.24, 2.45) is 0 Å². The van der Waals surface area contributed by atoms with E-state index in [1.807, 2.05) is 12.1 Å². The van der Waals surface area contributed by atoms with E-state index >= 15 is 0 Å². The van der Waals surface area contributed by atoms with Crippen molar-refractivity contribution < 1.29 is 9.84 Å². The molecule has 1 heterocycles. The van der Waals surface area contributed by atoms with Crippen LogP contribution in [0.5, 0.6) is 11.5 Å². The second-order valence-electron chi connectivity index (χ2n) is 6.68. The van der Waals surface area contributed by atoms with Gasteiger partial charge in [0, 0.05) is 16.7 Å². The Hall–Kier alpha value is -1.22. The fraction of sp³-hybridized carbons (Fsp3) is 0.625. The van der Waals surface area contributed by atoms with Gasteiger partial charge in [0.2, 0.25) is 0 Å². The van der Waals surface area contributed by atoms with Gasteiger partial charge in [-0.1, -0.05) is 20.8 Å². The predicted molar refractivity (Wildman–Crippen MR) is 77.9 cm³/mol. The summed E-state index contributed by atoms with van der Waals surface area (Å²) in [7, 11) is 1.70. The molecule has 1 aliphatic rings. The minimum absolute atomic E-state index is 0.0973. The van der Waals surface area contributed by atoms with E-state index in [0.29, 0.717) is 5.75 Å². The first-order valence-electron chi connectivity index (χ1n) is 6.95. The zero-order valence-corrected chi connectivity index (χ0v) is 12.6. The third-order valence-corrected chi connectivity index (χ3v) is 4.09. The van der Waals surface area contributed by atoms with E-state index in [1.165, 1.54) is 0 Å². The van der Waals surface area contributed by atoms with Crippen LogP contribution >= 0.6 is 0 Å². The fourth-order valence-electron chi connectivity index (χ4n) is 2.89. The average molecular weight is 263 g/mol. The number of phenols is 1. The molecule has 3 nitrogen and oxygen atoms in total. The summed E-state index contributed by atoms with van der Waals surface area (Å²) < 4.78 is 5.56. The molecule has 1 fully saturated rings. The van der Waals surface area contributed by atoms with E-state index in [9.17, 15) is 5.11 Å². The molecule has 0 aromatic heterocycles. The van der Waals surface area contributed by atoms with Crippen LogP contribution in [0.2, 0.25) is 0 Å². The van der Waals surface area contributed by atoms with E-state index < -0.39 is 0 Å². The second-order valence-corrected chi connectivity index (χ2v) is 6.68. The van der Waals surface area contributed by atoms with Gasteiger partial charge >= 0.3 is 0 Å². The normalized spacial score (nSPS) is 23.6. The molecule has 0 spiro atoms. The topological polar surface area (TPSA) is 41.5 Å². The Morgan fingerprint density at radius 3 is 2.47 bits per heavy atom. The zero-order valence-electron chi connectivity index (χ0n) is 12.6. The Balaban J connectivity index is 2.54. The van der Waals surface area contributed by atoms with E-state index in [-0.39, 0.29) is 11.0 Å². The molecule has 1 aromatic rings. The summed E-state index contributed by atoms with van der Waals surface area (Å²) in [6, 6.07) is 3.85. The molecule has 2 N–H and O–H groups in total. The summed E-state index contributed by atoms with van der Waals surface area (Å²) in [6.45, 7) is 9.47. The molecule has 0 saturated carbocycles. The van der Waals surface area contributed by atoms with Crippen molar-refractivity contribution in [3.8, 4) is 11.5 Å². The summed E-state index contributed by atoms with van der Waals surface area (Å²) in [5.41, 5.74) is 1.78. The Morgan fingerprint density at radius 2 is 2.00 bits per heavy atom. The average Bonchev–Trinajstić information content (AvgIpc) is 2.75. The highest BCUT2D eigenvalue weighted by molar-refractivity contribution is 5.51. The van der Waals surface area contributed by atoms with Crippen molar-refractivity contribution in [1.82, 2.24) is 5.32 Å². The van der Waals surface area contributed by atoms with Crippen LogP contribution in [0.1, 0.15) is 51.7 Å². The van der Waals surface area contributed by atoms with E-state index in [0.717, 1.165) is 36.3 Å². The second kappa shape index (κ2) is 4.71. The molecule has 1 unspecified atom stereocenters. The van der Waals surface area contributed by atoms with Gasteiger partial charge in [0.1, 0.15) is 11.5 Å². The predicted octanol–water partition coefficient (Wildman–Crippen LogP) is 3.30. The van der Waals surface area contributed by atoms with Crippen LogP contribution in [0.25, 0.3) is 0 Å². The standard InChI is InChI=1S/C16H25NO2/c1-15(2,3)11-10-14(19-5)12(9-13(11)18)16(4)7-6-8-17-16/h9-10,17-18H,6-8H2,1-5H3. The highest BCUT2D eigenvalue weighted by atomic mass is 16.5. The number of benzene rings is 1. The molecule has 0 bridgehead atoms. The number of hydrogen-bond acceptors (Lipinski definition) is 3. The Morgan fingerprint density at radius 1 is 1.32 bits per heavy atom. The van der Waals surface area contributed by atoms with Gasteiger partial charge in [-0.05, 0) is 43.9 Å². The van der Waals surface area contributed by atoms with Gasteiger partial charge < -0.3 is 15.2 Å². The zero-order chi connectivity index (χ0) is 14.3. The molecule has 19 heavy (non-hydrogen) atoms. The van der Waals surface area contributed by atoms with Crippen LogP contribution in [0.3, 0.4) is 0 Å². The largest absolute Gasteiger partial charge is 0.508 e. The van der Waals surface area contributed by atoms with E-state index in [1.54, 1.807) is 7.11 Å². The Kier molecular flexibility index (Phi) is 3.52. The minimum Gasteiger partial charge on any atom is -0.508 e. The summed E-state index contributed by atoms with van der Waals surface area (Å²) in [5, 5.41) is 13.9. The third-order valence-electron chi connectivity index (χ3n) is 4.09. The Bertz CT molecular complexity index is 468. The highest BCUT2D eigenvalue weighted by Crippen LogP contribution is 2.42. The number of hydrogen-bond donors (Lipinski definition) is 2. The van der Waals surface area contributed by atoms with Crippen molar-refractivity contribution >= 4 is 0 Å². The lowest BCUT2D eigenvalue weighted by molar-refractivity contribution is 0.363. The third kappa shape index (κ3) is 2.57. The number of phenolic OH excluding ortho intramolecular Hbond substituents is 1. The monoisotopic (exact) mass is 263 g/mol. The Labute approximate surface area is 116 Å². The van der Waals surface area contributed by atoms with Crippen molar-refractivity contribution in [1.29, 1.82) is 0 Å².